The number of nitrogens with one attached hydrogen (secondary N) is 2. The lowest BCUT2D eigenvalue weighted by molar-refractivity contribution is -0.121. The number of hydrogen-bond donors (Lipinski definition) is 2. The summed E-state index contributed by atoms with van der Waals surface area (Å²) in [6, 6.07) is 0. The maximum atomic E-state index is 11.5. The first-order valence-electron chi connectivity index (χ1n) is 6.45. The summed E-state index contributed by atoms with van der Waals surface area (Å²) in [5.41, 5.74) is 0.257. The van der Waals surface area contributed by atoms with Gasteiger partial charge in [-0.1, -0.05) is 20.8 Å². The van der Waals surface area contributed by atoms with E-state index < -0.39 is 0 Å². The van der Waals surface area contributed by atoms with E-state index in [0.29, 0.717) is 6.42 Å². The van der Waals surface area contributed by atoms with E-state index in [0.717, 1.165) is 38.4 Å². The fourth-order valence-electron chi connectivity index (χ4n) is 1.95. The summed E-state index contributed by atoms with van der Waals surface area (Å²) in [5, 5.41) is 6.36. The van der Waals surface area contributed by atoms with Crippen LogP contribution in [-0.2, 0) is 4.79 Å². The number of hydrogen-bond acceptors (Lipinski definition) is 2. The third kappa shape index (κ3) is 8.44. The Bertz CT molecular complexity index is 220. The molecule has 1 heterocycles. The number of halogens is 1. The summed E-state index contributed by atoms with van der Waals surface area (Å²) >= 11 is 0. The third-order valence-corrected chi connectivity index (χ3v) is 3.14. The zero-order chi connectivity index (χ0) is 12.0. The van der Waals surface area contributed by atoms with Gasteiger partial charge in [-0.3, -0.25) is 4.79 Å². The fourth-order valence-corrected chi connectivity index (χ4v) is 1.95. The average molecular weight is 263 g/mol. The SMILES string of the molecule is CC(C)(C)CCC(=O)NCCC1CCNC1.Cl. The molecule has 0 aromatic carbocycles. The molecular weight excluding hydrogens is 236 g/mol. The topological polar surface area (TPSA) is 41.1 Å². The zero-order valence-electron chi connectivity index (χ0n) is 11.3. The van der Waals surface area contributed by atoms with Crippen molar-refractivity contribution in [1.82, 2.24) is 10.6 Å². The van der Waals surface area contributed by atoms with Gasteiger partial charge >= 0.3 is 0 Å². The van der Waals surface area contributed by atoms with Crippen LogP contribution < -0.4 is 10.6 Å². The van der Waals surface area contributed by atoms with Crippen molar-refractivity contribution in [2.24, 2.45) is 11.3 Å². The van der Waals surface area contributed by atoms with Crippen LogP contribution >= 0.6 is 12.4 Å². The first-order valence-corrected chi connectivity index (χ1v) is 6.45. The summed E-state index contributed by atoms with van der Waals surface area (Å²) in [4.78, 5) is 11.5. The van der Waals surface area contributed by atoms with E-state index in [-0.39, 0.29) is 23.7 Å². The van der Waals surface area contributed by atoms with Crippen LogP contribution in [0.5, 0.6) is 0 Å². The van der Waals surface area contributed by atoms with Gasteiger partial charge < -0.3 is 10.6 Å². The van der Waals surface area contributed by atoms with E-state index in [4.69, 9.17) is 0 Å². The first kappa shape index (κ1) is 16.7. The Hall–Kier alpha value is -0.280. The molecule has 1 atom stereocenters. The Morgan fingerprint density at radius 2 is 2.12 bits per heavy atom. The molecule has 17 heavy (non-hydrogen) atoms. The number of carbonyl (C=O) groups is 1. The summed E-state index contributed by atoms with van der Waals surface area (Å²) in [5.74, 6) is 0.976. The van der Waals surface area contributed by atoms with Crippen LogP contribution in [0.1, 0.15) is 46.5 Å². The molecule has 0 aliphatic carbocycles. The smallest absolute Gasteiger partial charge is 0.220 e. The second-order valence-corrected chi connectivity index (χ2v) is 6.06. The summed E-state index contributed by atoms with van der Waals surface area (Å²) in [6.45, 7) is 9.62. The van der Waals surface area contributed by atoms with E-state index in [1.165, 1.54) is 6.42 Å². The van der Waals surface area contributed by atoms with E-state index in [9.17, 15) is 4.79 Å². The molecule has 0 bridgehead atoms. The maximum Gasteiger partial charge on any atom is 0.220 e. The standard InChI is InChI=1S/C13H26N2O.ClH/c1-13(2,3)7-4-12(16)15-9-6-11-5-8-14-10-11;/h11,14H,4-10H2,1-3H3,(H,15,16);1H. The van der Waals surface area contributed by atoms with E-state index in [1.807, 2.05) is 0 Å². The molecule has 1 aliphatic heterocycles. The van der Waals surface area contributed by atoms with E-state index in [1.54, 1.807) is 0 Å². The molecule has 102 valence electrons. The molecular formula is C13H27ClN2O. The molecule has 0 saturated carbocycles. The molecule has 0 radical (unpaired) electrons. The molecule has 0 aromatic rings. The van der Waals surface area contributed by atoms with Crippen molar-refractivity contribution in [3.8, 4) is 0 Å². The summed E-state index contributed by atoms with van der Waals surface area (Å²) in [6.07, 6.45) is 4.00. The monoisotopic (exact) mass is 262 g/mol. The van der Waals surface area contributed by atoms with Crippen LogP contribution in [0.15, 0.2) is 0 Å². The maximum absolute atomic E-state index is 11.5. The van der Waals surface area contributed by atoms with Gasteiger partial charge in [0.05, 0.1) is 0 Å². The highest BCUT2D eigenvalue weighted by molar-refractivity contribution is 5.85. The van der Waals surface area contributed by atoms with E-state index >= 15 is 0 Å². The number of carbonyl (C=O) groups excluding carboxylic acids is 1. The van der Waals surface area contributed by atoms with Gasteiger partial charge in [-0.25, -0.2) is 0 Å². The molecule has 0 spiro atoms. The van der Waals surface area contributed by atoms with Gasteiger partial charge in [0.1, 0.15) is 0 Å². The quantitative estimate of drug-likeness (QED) is 0.799. The van der Waals surface area contributed by atoms with Gasteiger partial charge in [0.25, 0.3) is 0 Å². The lowest BCUT2D eigenvalue weighted by Gasteiger charge is -2.17. The Kier molecular flexibility index (Phi) is 7.80. The zero-order valence-corrected chi connectivity index (χ0v) is 12.2. The highest BCUT2D eigenvalue weighted by atomic mass is 35.5. The van der Waals surface area contributed by atoms with Crippen molar-refractivity contribution < 1.29 is 4.79 Å². The third-order valence-electron chi connectivity index (χ3n) is 3.14. The molecule has 1 rings (SSSR count). The van der Waals surface area contributed by atoms with Crippen LogP contribution in [0.4, 0.5) is 0 Å². The van der Waals surface area contributed by atoms with Crippen LogP contribution in [0.2, 0.25) is 0 Å². The lowest BCUT2D eigenvalue weighted by Crippen LogP contribution is -2.27. The predicted molar refractivity (Wildman–Crippen MR) is 74.5 cm³/mol. The molecule has 2 N–H and O–H groups in total. The van der Waals surface area contributed by atoms with Crippen LogP contribution in [0, 0.1) is 11.3 Å². The van der Waals surface area contributed by atoms with Crippen LogP contribution in [0.3, 0.4) is 0 Å². The van der Waals surface area contributed by atoms with Crippen molar-refractivity contribution in [2.75, 3.05) is 19.6 Å². The molecule has 1 saturated heterocycles. The molecule has 1 aliphatic rings. The van der Waals surface area contributed by atoms with Gasteiger partial charge in [0.2, 0.25) is 5.91 Å². The molecule has 0 aromatic heterocycles. The van der Waals surface area contributed by atoms with Gasteiger partial charge in [-0.2, -0.15) is 0 Å². The van der Waals surface area contributed by atoms with Gasteiger partial charge in [0, 0.05) is 13.0 Å². The summed E-state index contributed by atoms with van der Waals surface area (Å²) < 4.78 is 0. The molecule has 4 heteroatoms. The molecule has 1 unspecified atom stereocenters. The highest BCUT2D eigenvalue weighted by Gasteiger charge is 2.15. The Morgan fingerprint density at radius 1 is 1.41 bits per heavy atom. The van der Waals surface area contributed by atoms with Crippen molar-refractivity contribution in [2.45, 2.75) is 46.5 Å². The number of rotatable bonds is 5. The Morgan fingerprint density at radius 3 is 2.65 bits per heavy atom. The van der Waals surface area contributed by atoms with Crippen molar-refractivity contribution >= 4 is 18.3 Å². The Balaban J connectivity index is 0.00000256. The second-order valence-electron chi connectivity index (χ2n) is 6.06. The predicted octanol–water partition coefficient (Wildman–Crippen LogP) is 2.35. The summed E-state index contributed by atoms with van der Waals surface area (Å²) in [7, 11) is 0. The number of amides is 1. The second kappa shape index (κ2) is 7.93. The lowest BCUT2D eigenvalue weighted by atomic mass is 9.90. The molecule has 3 nitrogen and oxygen atoms in total. The van der Waals surface area contributed by atoms with Crippen molar-refractivity contribution in [3.05, 3.63) is 0 Å². The van der Waals surface area contributed by atoms with Crippen LogP contribution in [0.25, 0.3) is 0 Å². The minimum absolute atomic E-state index is 0. The van der Waals surface area contributed by atoms with Crippen molar-refractivity contribution in [1.29, 1.82) is 0 Å². The fraction of sp³-hybridized carbons (Fsp3) is 0.923. The molecule has 1 fully saturated rings. The average Bonchev–Trinajstić information content (AvgIpc) is 2.66. The highest BCUT2D eigenvalue weighted by Crippen LogP contribution is 2.20. The van der Waals surface area contributed by atoms with Gasteiger partial charge in [-0.15, -0.1) is 12.4 Å². The normalized spacial score (nSPS) is 19.8. The van der Waals surface area contributed by atoms with E-state index in [2.05, 4.69) is 31.4 Å². The Labute approximate surface area is 112 Å². The van der Waals surface area contributed by atoms with Crippen molar-refractivity contribution in [3.63, 3.8) is 0 Å². The first-order chi connectivity index (χ1) is 7.47. The molecule has 1 amide bonds. The minimum Gasteiger partial charge on any atom is -0.356 e. The van der Waals surface area contributed by atoms with Gasteiger partial charge in [-0.05, 0) is 43.7 Å². The van der Waals surface area contributed by atoms with Gasteiger partial charge in [0.15, 0.2) is 0 Å². The largest absolute Gasteiger partial charge is 0.356 e. The van der Waals surface area contributed by atoms with Crippen LogP contribution in [-0.4, -0.2) is 25.5 Å². The minimum atomic E-state index is 0.